The highest BCUT2D eigenvalue weighted by Crippen LogP contribution is 2.46. The van der Waals surface area contributed by atoms with E-state index in [0.717, 1.165) is 10.9 Å². The highest BCUT2D eigenvalue weighted by atomic mass is 35.5. The zero-order chi connectivity index (χ0) is 26.2. The highest BCUT2D eigenvalue weighted by Gasteiger charge is 2.35. The average Bonchev–Trinajstić information content (AvgIpc) is 3.18. The molecule has 0 bridgehead atoms. The average molecular weight is 534 g/mol. The van der Waals surface area contributed by atoms with Gasteiger partial charge < -0.3 is 30.2 Å². The van der Waals surface area contributed by atoms with E-state index in [0.29, 0.717) is 51.7 Å². The lowest BCUT2D eigenvalue weighted by molar-refractivity contribution is 0.0291. The van der Waals surface area contributed by atoms with Crippen molar-refractivity contribution >= 4 is 46.1 Å². The summed E-state index contributed by atoms with van der Waals surface area (Å²) in [6, 6.07) is 6.78. The van der Waals surface area contributed by atoms with E-state index in [4.69, 9.17) is 43.1 Å². The third-order valence-electron chi connectivity index (χ3n) is 5.77. The van der Waals surface area contributed by atoms with Crippen molar-refractivity contribution in [2.24, 2.45) is 5.73 Å². The molecular weight excluding hydrogens is 505 g/mol. The van der Waals surface area contributed by atoms with Crippen LogP contribution in [0, 0.1) is 0 Å². The number of anilines is 1. The number of benzene rings is 2. The van der Waals surface area contributed by atoms with E-state index >= 15 is 0 Å². The van der Waals surface area contributed by atoms with Crippen molar-refractivity contribution in [2.45, 2.75) is 38.5 Å². The number of hydrogen-bond acceptors (Lipinski definition) is 8. The summed E-state index contributed by atoms with van der Waals surface area (Å²) in [5.41, 5.74) is 7.79. The van der Waals surface area contributed by atoms with Gasteiger partial charge in [0.1, 0.15) is 17.1 Å². The molecule has 1 aliphatic heterocycles. The SMILES string of the molecule is COc1cc(OC)c(Cl)c(-c2ccc3nc(N[C@@H]4CN(C(=O)OC(C)(C)C)C[C@@H]4N)ncc3c2)c1Cl. The highest BCUT2D eigenvalue weighted by molar-refractivity contribution is 6.41. The number of nitrogens with zero attached hydrogens (tertiary/aromatic N) is 3. The van der Waals surface area contributed by atoms with E-state index in [1.165, 1.54) is 14.2 Å². The van der Waals surface area contributed by atoms with Crippen LogP contribution in [0.2, 0.25) is 10.0 Å². The van der Waals surface area contributed by atoms with E-state index < -0.39 is 5.60 Å². The number of carbonyl (C=O) groups is 1. The molecule has 11 heteroatoms. The molecule has 0 saturated carbocycles. The second-order valence-corrected chi connectivity index (χ2v) is 10.3. The van der Waals surface area contributed by atoms with Gasteiger partial charge in [0.25, 0.3) is 0 Å². The van der Waals surface area contributed by atoms with Crippen molar-refractivity contribution in [3.8, 4) is 22.6 Å². The Morgan fingerprint density at radius 1 is 1.11 bits per heavy atom. The van der Waals surface area contributed by atoms with E-state index in [2.05, 4.69) is 15.3 Å². The zero-order valence-electron chi connectivity index (χ0n) is 20.8. The molecule has 0 spiro atoms. The van der Waals surface area contributed by atoms with Crippen LogP contribution in [0.25, 0.3) is 22.0 Å². The van der Waals surface area contributed by atoms with E-state index in [9.17, 15) is 4.79 Å². The van der Waals surface area contributed by atoms with Crippen LogP contribution in [0.3, 0.4) is 0 Å². The molecule has 1 aromatic heterocycles. The summed E-state index contributed by atoms with van der Waals surface area (Å²) >= 11 is 13.2. The lowest BCUT2D eigenvalue weighted by Crippen LogP contribution is -2.39. The van der Waals surface area contributed by atoms with Crippen molar-refractivity contribution in [3.63, 3.8) is 0 Å². The Morgan fingerprint density at radius 3 is 2.39 bits per heavy atom. The summed E-state index contributed by atoms with van der Waals surface area (Å²) in [6.45, 7) is 6.27. The van der Waals surface area contributed by atoms with Gasteiger partial charge in [0.2, 0.25) is 5.95 Å². The molecule has 0 radical (unpaired) electrons. The van der Waals surface area contributed by atoms with Crippen LogP contribution >= 0.6 is 23.2 Å². The number of ether oxygens (including phenoxy) is 3. The maximum absolute atomic E-state index is 12.4. The van der Waals surface area contributed by atoms with Gasteiger partial charge in [-0.15, -0.1) is 0 Å². The Bertz CT molecular complexity index is 1270. The Morgan fingerprint density at radius 2 is 1.78 bits per heavy atom. The molecule has 4 rings (SSSR count). The fourth-order valence-electron chi connectivity index (χ4n) is 4.02. The minimum atomic E-state index is -0.572. The number of fused-ring (bicyclic) bond motifs is 1. The predicted molar refractivity (Wildman–Crippen MR) is 141 cm³/mol. The van der Waals surface area contributed by atoms with Crippen LogP contribution in [0.15, 0.2) is 30.5 Å². The number of carbonyl (C=O) groups excluding carboxylic acids is 1. The number of amides is 1. The van der Waals surface area contributed by atoms with Gasteiger partial charge in [0.15, 0.2) is 0 Å². The first-order chi connectivity index (χ1) is 17.0. The number of halogens is 2. The minimum Gasteiger partial charge on any atom is -0.495 e. The molecule has 9 nitrogen and oxygen atoms in total. The molecule has 192 valence electrons. The molecule has 1 fully saturated rings. The number of nitrogens with one attached hydrogen (secondary N) is 1. The number of hydrogen-bond donors (Lipinski definition) is 2. The van der Waals surface area contributed by atoms with Gasteiger partial charge in [0.05, 0.1) is 35.8 Å². The van der Waals surface area contributed by atoms with Gasteiger partial charge in [-0.05, 0) is 38.5 Å². The monoisotopic (exact) mass is 533 g/mol. The molecule has 1 saturated heterocycles. The van der Waals surface area contributed by atoms with Crippen molar-refractivity contribution in [2.75, 3.05) is 32.6 Å². The molecular formula is C25H29Cl2N5O4. The van der Waals surface area contributed by atoms with Crippen LogP contribution in [0.4, 0.5) is 10.7 Å². The first-order valence-electron chi connectivity index (χ1n) is 11.4. The van der Waals surface area contributed by atoms with Crippen molar-refractivity contribution in [3.05, 3.63) is 40.5 Å². The molecule has 1 amide bonds. The fourth-order valence-corrected chi connectivity index (χ4v) is 4.74. The number of aromatic nitrogens is 2. The number of nitrogens with two attached hydrogens (primary N) is 1. The standard InChI is InChI=1S/C25H29Cl2N5O4/c1-25(2,3)36-24(33)32-11-15(28)17(12-32)31-23-29-10-14-8-13(6-7-16(14)30-23)20-21(26)18(34-4)9-19(35-5)22(20)27/h6-10,15,17H,11-12,28H2,1-5H3,(H,29,30,31)/t15-,17+/m0/s1. The third-order valence-corrected chi connectivity index (χ3v) is 6.52. The van der Waals surface area contributed by atoms with Crippen LogP contribution in [-0.4, -0.2) is 66.0 Å². The topological polar surface area (TPSA) is 112 Å². The van der Waals surface area contributed by atoms with Crippen LogP contribution in [0.5, 0.6) is 11.5 Å². The largest absolute Gasteiger partial charge is 0.495 e. The third kappa shape index (κ3) is 5.38. The van der Waals surface area contributed by atoms with Crippen molar-refractivity contribution in [1.29, 1.82) is 0 Å². The second-order valence-electron chi connectivity index (χ2n) is 9.55. The smallest absolute Gasteiger partial charge is 0.410 e. The van der Waals surface area contributed by atoms with E-state index in [1.54, 1.807) is 17.2 Å². The van der Waals surface area contributed by atoms with E-state index in [-0.39, 0.29) is 18.2 Å². The predicted octanol–water partition coefficient (Wildman–Crippen LogP) is 4.98. The molecule has 3 N–H and O–H groups in total. The van der Waals surface area contributed by atoms with Crippen LogP contribution < -0.4 is 20.5 Å². The zero-order valence-corrected chi connectivity index (χ0v) is 22.3. The number of methoxy groups -OCH3 is 2. The molecule has 2 atom stereocenters. The summed E-state index contributed by atoms with van der Waals surface area (Å²) < 4.78 is 16.2. The Labute approximate surface area is 219 Å². The normalized spacial score (nSPS) is 17.8. The van der Waals surface area contributed by atoms with Gasteiger partial charge in [-0.1, -0.05) is 29.3 Å². The van der Waals surface area contributed by atoms with Gasteiger partial charge in [-0.2, -0.15) is 0 Å². The van der Waals surface area contributed by atoms with Gasteiger partial charge in [0, 0.05) is 42.3 Å². The number of rotatable bonds is 5. The number of likely N-dealkylation sites (tertiary alicyclic amines) is 1. The maximum Gasteiger partial charge on any atom is 0.410 e. The second kappa shape index (κ2) is 10.2. The first kappa shape index (κ1) is 26.1. The molecule has 0 aliphatic carbocycles. The lowest BCUT2D eigenvalue weighted by Gasteiger charge is -2.24. The minimum absolute atomic E-state index is 0.212. The quantitative estimate of drug-likeness (QED) is 0.472. The van der Waals surface area contributed by atoms with Crippen molar-refractivity contribution < 1.29 is 19.0 Å². The van der Waals surface area contributed by atoms with Gasteiger partial charge in [-0.3, -0.25) is 0 Å². The first-order valence-corrected chi connectivity index (χ1v) is 12.1. The van der Waals surface area contributed by atoms with Gasteiger partial charge >= 0.3 is 6.09 Å². The summed E-state index contributed by atoms with van der Waals surface area (Å²) in [5, 5.41) is 4.81. The van der Waals surface area contributed by atoms with Gasteiger partial charge in [-0.25, -0.2) is 14.8 Å². The molecule has 3 aromatic rings. The molecule has 0 unspecified atom stereocenters. The van der Waals surface area contributed by atoms with Crippen LogP contribution in [-0.2, 0) is 4.74 Å². The molecule has 36 heavy (non-hydrogen) atoms. The molecule has 1 aliphatic rings. The molecule has 2 heterocycles. The fraction of sp³-hybridized carbons (Fsp3) is 0.400. The Balaban J connectivity index is 1.56. The summed E-state index contributed by atoms with van der Waals surface area (Å²) in [5.74, 6) is 1.33. The maximum atomic E-state index is 12.4. The summed E-state index contributed by atoms with van der Waals surface area (Å²) in [6.07, 6.45) is 1.32. The summed E-state index contributed by atoms with van der Waals surface area (Å²) in [7, 11) is 3.06. The van der Waals surface area contributed by atoms with E-state index in [1.807, 2.05) is 39.0 Å². The lowest BCUT2D eigenvalue weighted by atomic mass is 10.0. The Hall–Kier alpha value is -3.01. The Kier molecular flexibility index (Phi) is 7.36. The van der Waals surface area contributed by atoms with Crippen molar-refractivity contribution in [1.82, 2.24) is 14.9 Å². The van der Waals surface area contributed by atoms with Crippen LogP contribution in [0.1, 0.15) is 20.8 Å². The summed E-state index contributed by atoms with van der Waals surface area (Å²) in [4.78, 5) is 23.1. The molecule has 2 aromatic carbocycles.